The first kappa shape index (κ1) is 18.6. The third kappa shape index (κ3) is 4.34. The van der Waals surface area contributed by atoms with Crippen LogP contribution in [0.15, 0.2) is 53.5 Å². The van der Waals surface area contributed by atoms with Crippen molar-refractivity contribution in [3.63, 3.8) is 0 Å². The van der Waals surface area contributed by atoms with E-state index in [2.05, 4.69) is 9.97 Å². The zero-order chi connectivity index (χ0) is 19.2. The summed E-state index contributed by atoms with van der Waals surface area (Å²) < 4.78 is 5.53. The molecule has 3 rings (SSSR count). The number of nitrogens with zero attached hydrogens (tertiary/aromatic N) is 2. The summed E-state index contributed by atoms with van der Waals surface area (Å²) in [4.78, 5) is 34.0. The molecule has 0 saturated heterocycles. The van der Waals surface area contributed by atoms with Crippen LogP contribution in [0.25, 0.3) is 10.9 Å². The van der Waals surface area contributed by atoms with Gasteiger partial charge in [-0.1, -0.05) is 13.0 Å². The predicted molar refractivity (Wildman–Crippen MR) is 105 cm³/mol. The summed E-state index contributed by atoms with van der Waals surface area (Å²) >= 11 is 0. The van der Waals surface area contributed by atoms with Crippen molar-refractivity contribution in [2.24, 2.45) is 0 Å². The van der Waals surface area contributed by atoms with Crippen LogP contribution in [0.2, 0.25) is 0 Å². The first-order valence-electron chi connectivity index (χ1n) is 9.11. The Morgan fingerprint density at radius 1 is 1.19 bits per heavy atom. The van der Waals surface area contributed by atoms with E-state index in [0.717, 1.165) is 23.1 Å². The van der Waals surface area contributed by atoms with E-state index in [1.807, 2.05) is 38.1 Å². The van der Waals surface area contributed by atoms with Gasteiger partial charge in [-0.25, -0.2) is 0 Å². The van der Waals surface area contributed by atoms with Gasteiger partial charge in [0.25, 0.3) is 11.5 Å². The van der Waals surface area contributed by atoms with Crippen molar-refractivity contribution in [1.82, 2.24) is 14.9 Å². The molecule has 1 aromatic carbocycles. The minimum Gasteiger partial charge on any atom is -0.494 e. The SMILES string of the molecule is CCCN(Cc1cc2cc(OCC)ccc2[nH]c1=O)C(=O)c1ccccn1. The maximum Gasteiger partial charge on any atom is 0.272 e. The summed E-state index contributed by atoms with van der Waals surface area (Å²) in [5.74, 6) is 0.568. The normalized spacial score (nSPS) is 10.7. The van der Waals surface area contributed by atoms with Crippen LogP contribution in [0.3, 0.4) is 0 Å². The van der Waals surface area contributed by atoms with Gasteiger partial charge in [0.05, 0.1) is 13.2 Å². The van der Waals surface area contributed by atoms with E-state index in [1.165, 1.54) is 0 Å². The summed E-state index contributed by atoms with van der Waals surface area (Å²) in [6, 6.07) is 12.6. The second kappa shape index (κ2) is 8.49. The molecular weight excluding hydrogens is 342 g/mol. The highest BCUT2D eigenvalue weighted by Crippen LogP contribution is 2.20. The lowest BCUT2D eigenvalue weighted by Crippen LogP contribution is -2.34. The van der Waals surface area contributed by atoms with Crippen LogP contribution in [0.4, 0.5) is 0 Å². The van der Waals surface area contributed by atoms with Crippen molar-refractivity contribution in [1.29, 1.82) is 0 Å². The molecule has 1 amide bonds. The van der Waals surface area contributed by atoms with Crippen molar-refractivity contribution >= 4 is 16.8 Å². The maximum atomic E-state index is 12.8. The van der Waals surface area contributed by atoms with Crippen LogP contribution in [-0.2, 0) is 6.54 Å². The number of hydrogen-bond donors (Lipinski definition) is 1. The molecule has 0 saturated carbocycles. The Balaban J connectivity index is 1.93. The molecule has 6 nitrogen and oxygen atoms in total. The Bertz CT molecular complexity index is 983. The number of hydrogen-bond acceptors (Lipinski definition) is 4. The molecule has 0 fully saturated rings. The Kier molecular flexibility index (Phi) is 5.86. The van der Waals surface area contributed by atoms with Gasteiger partial charge in [0.1, 0.15) is 11.4 Å². The molecule has 0 aliphatic heterocycles. The van der Waals surface area contributed by atoms with Crippen molar-refractivity contribution in [2.75, 3.05) is 13.2 Å². The summed E-state index contributed by atoms with van der Waals surface area (Å²) in [5, 5.41) is 0.872. The molecule has 0 bridgehead atoms. The fourth-order valence-corrected chi connectivity index (χ4v) is 2.98. The summed E-state index contributed by atoms with van der Waals surface area (Å²) in [6.07, 6.45) is 2.38. The first-order valence-corrected chi connectivity index (χ1v) is 9.11. The number of ether oxygens (including phenoxy) is 1. The molecule has 0 radical (unpaired) electrons. The molecular formula is C21H23N3O3. The zero-order valence-electron chi connectivity index (χ0n) is 15.6. The highest BCUT2D eigenvalue weighted by atomic mass is 16.5. The number of aromatic nitrogens is 2. The summed E-state index contributed by atoms with van der Waals surface area (Å²) in [6.45, 7) is 5.27. The number of rotatable bonds is 7. The molecule has 3 aromatic rings. The predicted octanol–water partition coefficient (Wildman–Crippen LogP) is 3.37. The number of H-pyrrole nitrogens is 1. The minimum atomic E-state index is -0.193. The average molecular weight is 365 g/mol. The Hall–Kier alpha value is -3.15. The largest absolute Gasteiger partial charge is 0.494 e. The van der Waals surface area contributed by atoms with Gasteiger partial charge in [-0.05, 0) is 49.7 Å². The second-order valence-electron chi connectivity index (χ2n) is 6.25. The first-order chi connectivity index (χ1) is 13.1. The topological polar surface area (TPSA) is 75.3 Å². The lowest BCUT2D eigenvalue weighted by Gasteiger charge is -2.21. The third-order valence-corrected chi connectivity index (χ3v) is 4.23. The highest BCUT2D eigenvalue weighted by molar-refractivity contribution is 5.92. The summed E-state index contributed by atoms with van der Waals surface area (Å²) in [7, 11) is 0. The fraction of sp³-hybridized carbons (Fsp3) is 0.286. The molecule has 1 N–H and O–H groups in total. The Morgan fingerprint density at radius 2 is 2.04 bits per heavy atom. The van der Waals surface area contributed by atoms with Gasteiger partial charge < -0.3 is 14.6 Å². The van der Waals surface area contributed by atoms with Gasteiger partial charge >= 0.3 is 0 Å². The van der Waals surface area contributed by atoms with Gasteiger partial charge in [-0.3, -0.25) is 14.6 Å². The quantitative estimate of drug-likeness (QED) is 0.696. The van der Waals surface area contributed by atoms with Gasteiger partial charge in [0.2, 0.25) is 0 Å². The van der Waals surface area contributed by atoms with Crippen LogP contribution >= 0.6 is 0 Å². The van der Waals surface area contributed by atoms with Gasteiger partial charge in [0, 0.05) is 29.2 Å². The standard InChI is InChI=1S/C21H23N3O3/c1-3-11-24(21(26)19-7-5-6-10-22-19)14-16-12-15-13-17(27-4-2)8-9-18(15)23-20(16)25/h5-10,12-13H,3-4,11,14H2,1-2H3,(H,23,25). The molecule has 140 valence electrons. The Morgan fingerprint density at radius 3 is 2.74 bits per heavy atom. The molecule has 2 aromatic heterocycles. The van der Waals surface area contributed by atoms with E-state index >= 15 is 0 Å². The number of carbonyl (C=O) groups excluding carboxylic acids is 1. The highest BCUT2D eigenvalue weighted by Gasteiger charge is 2.18. The molecule has 6 heteroatoms. The van der Waals surface area contributed by atoms with Crippen LogP contribution < -0.4 is 10.3 Å². The van der Waals surface area contributed by atoms with E-state index < -0.39 is 0 Å². The van der Waals surface area contributed by atoms with E-state index in [9.17, 15) is 9.59 Å². The number of aromatic amines is 1. The third-order valence-electron chi connectivity index (χ3n) is 4.23. The lowest BCUT2D eigenvalue weighted by atomic mass is 10.1. The van der Waals surface area contributed by atoms with Crippen molar-refractivity contribution in [2.45, 2.75) is 26.8 Å². The number of carbonyl (C=O) groups is 1. The maximum absolute atomic E-state index is 12.8. The number of nitrogens with one attached hydrogen (secondary N) is 1. The molecule has 0 atom stereocenters. The smallest absolute Gasteiger partial charge is 0.272 e. The van der Waals surface area contributed by atoms with Crippen molar-refractivity contribution in [3.05, 3.63) is 70.3 Å². The van der Waals surface area contributed by atoms with E-state index in [0.29, 0.717) is 24.4 Å². The number of benzene rings is 1. The van der Waals surface area contributed by atoms with Crippen LogP contribution in [0.5, 0.6) is 5.75 Å². The van der Waals surface area contributed by atoms with Crippen LogP contribution in [0, 0.1) is 0 Å². The molecule has 0 aliphatic carbocycles. The van der Waals surface area contributed by atoms with Gasteiger partial charge in [-0.15, -0.1) is 0 Å². The van der Waals surface area contributed by atoms with Crippen LogP contribution in [0.1, 0.15) is 36.3 Å². The Labute approximate surface area is 157 Å². The number of fused-ring (bicyclic) bond motifs is 1. The van der Waals surface area contributed by atoms with Gasteiger partial charge in [-0.2, -0.15) is 0 Å². The van der Waals surface area contributed by atoms with E-state index in [4.69, 9.17) is 4.74 Å². The molecule has 2 heterocycles. The lowest BCUT2D eigenvalue weighted by molar-refractivity contribution is 0.0736. The van der Waals surface area contributed by atoms with E-state index in [-0.39, 0.29) is 18.0 Å². The molecule has 0 aliphatic rings. The van der Waals surface area contributed by atoms with Crippen molar-refractivity contribution in [3.8, 4) is 5.75 Å². The van der Waals surface area contributed by atoms with E-state index in [1.54, 1.807) is 29.3 Å². The average Bonchev–Trinajstić information content (AvgIpc) is 2.68. The summed E-state index contributed by atoms with van der Waals surface area (Å²) in [5.41, 5.74) is 1.46. The van der Waals surface area contributed by atoms with Gasteiger partial charge in [0.15, 0.2) is 0 Å². The monoisotopic (exact) mass is 365 g/mol. The second-order valence-corrected chi connectivity index (χ2v) is 6.25. The molecule has 27 heavy (non-hydrogen) atoms. The minimum absolute atomic E-state index is 0.181. The van der Waals surface area contributed by atoms with Crippen molar-refractivity contribution < 1.29 is 9.53 Å². The number of amides is 1. The van der Waals surface area contributed by atoms with Crippen LogP contribution in [-0.4, -0.2) is 33.9 Å². The molecule has 0 spiro atoms. The zero-order valence-corrected chi connectivity index (χ0v) is 15.6. The molecule has 0 unspecified atom stereocenters. The number of pyridine rings is 2. The fourth-order valence-electron chi connectivity index (χ4n) is 2.98.